The lowest BCUT2D eigenvalue weighted by atomic mass is 10.3. The van der Waals surface area contributed by atoms with Gasteiger partial charge in [0, 0.05) is 12.7 Å². The molecule has 0 aliphatic rings. The van der Waals surface area contributed by atoms with E-state index in [1.165, 1.54) is 24.3 Å². The molecular weight excluding hydrogens is 314 g/mol. The molecule has 0 heterocycles. The molecule has 0 aliphatic carbocycles. The number of hydrogen-bond donors (Lipinski definition) is 6. The second-order valence-corrected chi connectivity index (χ2v) is 4.66. The highest BCUT2D eigenvalue weighted by Crippen LogP contribution is 2.13. The molecule has 122 valence electrons. The van der Waals surface area contributed by atoms with Gasteiger partial charge in [-0.25, -0.2) is 0 Å². The highest BCUT2D eigenvalue weighted by molar-refractivity contribution is 7.79. The van der Waals surface area contributed by atoms with Gasteiger partial charge in [-0.1, -0.05) is 0 Å². The molecule has 22 heavy (non-hydrogen) atoms. The van der Waals surface area contributed by atoms with Gasteiger partial charge in [0.2, 0.25) is 0 Å². The van der Waals surface area contributed by atoms with Crippen LogP contribution in [-0.2, 0) is 10.4 Å². The van der Waals surface area contributed by atoms with Gasteiger partial charge in [-0.15, -0.1) is 0 Å². The average molecular weight is 331 g/mol. The number of phenolic OH excluding ortho intramolecular Hbond substituents is 3. The van der Waals surface area contributed by atoms with E-state index in [2.05, 4.69) is 5.32 Å². The van der Waals surface area contributed by atoms with Gasteiger partial charge in [0.1, 0.15) is 17.2 Å². The minimum atomic E-state index is -4.67. The molecule has 0 saturated heterocycles. The molecule has 6 N–H and O–H groups in total. The summed E-state index contributed by atoms with van der Waals surface area (Å²) in [6, 6.07) is 12.6. The van der Waals surface area contributed by atoms with Crippen molar-refractivity contribution in [3.8, 4) is 17.2 Å². The van der Waals surface area contributed by atoms with Crippen LogP contribution in [0.1, 0.15) is 0 Å². The number of nitrogens with one attached hydrogen (secondary N) is 1. The third-order valence-corrected chi connectivity index (χ3v) is 2.01. The van der Waals surface area contributed by atoms with E-state index in [9.17, 15) is 0 Å². The molecule has 0 aromatic heterocycles. The van der Waals surface area contributed by atoms with Gasteiger partial charge in [0.15, 0.2) is 0 Å². The Kier molecular flexibility index (Phi) is 8.38. The number of anilines is 1. The van der Waals surface area contributed by atoms with E-state index in [4.69, 9.17) is 32.8 Å². The van der Waals surface area contributed by atoms with E-state index in [-0.39, 0.29) is 11.5 Å². The van der Waals surface area contributed by atoms with Crippen molar-refractivity contribution in [2.24, 2.45) is 0 Å². The van der Waals surface area contributed by atoms with Crippen LogP contribution < -0.4 is 5.32 Å². The maximum absolute atomic E-state index is 8.82. The summed E-state index contributed by atoms with van der Waals surface area (Å²) in [4.78, 5) is 0. The molecule has 0 aliphatic heterocycles. The van der Waals surface area contributed by atoms with Crippen molar-refractivity contribution in [3.05, 3.63) is 48.5 Å². The Morgan fingerprint density at radius 1 is 0.727 bits per heavy atom. The van der Waals surface area contributed by atoms with E-state index >= 15 is 0 Å². The van der Waals surface area contributed by atoms with Crippen LogP contribution in [0.3, 0.4) is 0 Å². The summed E-state index contributed by atoms with van der Waals surface area (Å²) in [6.07, 6.45) is 0. The number of benzene rings is 2. The molecule has 0 amide bonds. The zero-order chi connectivity index (χ0) is 17.2. The fourth-order valence-electron chi connectivity index (χ4n) is 1.08. The molecule has 0 spiro atoms. The minimum absolute atomic E-state index is 0.169. The lowest BCUT2D eigenvalue weighted by Crippen LogP contribution is -1.89. The molecule has 2 aromatic rings. The van der Waals surface area contributed by atoms with Crippen molar-refractivity contribution >= 4 is 16.1 Å². The van der Waals surface area contributed by atoms with E-state index in [1.807, 2.05) is 19.2 Å². The Hall–Kier alpha value is -2.49. The van der Waals surface area contributed by atoms with Gasteiger partial charge in [-0.2, -0.15) is 8.42 Å². The molecule has 0 atom stereocenters. The number of phenols is 3. The monoisotopic (exact) mass is 331 g/mol. The molecule has 8 nitrogen and oxygen atoms in total. The predicted octanol–water partition coefficient (Wildman–Crippen LogP) is 1.88. The lowest BCUT2D eigenvalue weighted by molar-refractivity contribution is 0.381. The third kappa shape index (κ3) is 12.5. The third-order valence-electron chi connectivity index (χ3n) is 2.01. The van der Waals surface area contributed by atoms with E-state index in [0.717, 1.165) is 5.69 Å². The second-order valence-electron chi connectivity index (χ2n) is 3.76. The fraction of sp³-hybridized carbons (Fsp3) is 0.0769. The summed E-state index contributed by atoms with van der Waals surface area (Å²) in [6.45, 7) is 0. The van der Waals surface area contributed by atoms with Crippen molar-refractivity contribution in [3.63, 3.8) is 0 Å². The summed E-state index contributed by atoms with van der Waals surface area (Å²) in [5, 5.41) is 29.1. The van der Waals surface area contributed by atoms with Crippen molar-refractivity contribution in [2.45, 2.75) is 0 Å². The molecule has 0 saturated carbocycles. The average Bonchev–Trinajstić information content (AvgIpc) is 2.42. The van der Waals surface area contributed by atoms with Crippen LogP contribution in [0, 0.1) is 0 Å². The van der Waals surface area contributed by atoms with Crippen LogP contribution in [0.4, 0.5) is 5.69 Å². The first kappa shape index (κ1) is 19.5. The second kappa shape index (κ2) is 9.45. The van der Waals surface area contributed by atoms with Crippen molar-refractivity contribution < 1.29 is 32.8 Å². The normalized spacial score (nSPS) is 9.59. The first-order valence-electron chi connectivity index (χ1n) is 5.76. The number of rotatable bonds is 1. The summed E-state index contributed by atoms with van der Waals surface area (Å²) >= 11 is 0. The first-order valence-corrected chi connectivity index (χ1v) is 7.16. The summed E-state index contributed by atoms with van der Waals surface area (Å²) in [7, 11) is -2.83. The number of hydrogen-bond acceptors (Lipinski definition) is 6. The van der Waals surface area contributed by atoms with Gasteiger partial charge in [-0.3, -0.25) is 9.11 Å². The predicted molar refractivity (Wildman–Crippen MR) is 81.6 cm³/mol. The first-order chi connectivity index (χ1) is 10.1. The summed E-state index contributed by atoms with van der Waals surface area (Å²) in [5.41, 5.74) is 1.01. The van der Waals surface area contributed by atoms with Crippen molar-refractivity contribution in [1.29, 1.82) is 0 Å². The molecule has 0 unspecified atom stereocenters. The highest BCUT2D eigenvalue weighted by Gasteiger charge is 1.86. The SMILES string of the molecule is CNc1ccc(O)cc1.O=S(=O)(O)O.Oc1ccc(O)cc1. The molecule has 0 bridgehead atoms. The van der Waals surface area contributed by atoms with E-state index in [0.29, 0.717) is 5.75 Å². The molecule has 9 heteroatoms. The van der Waals surface area contributed by atoms with Gasteiger partial charge in [0.05, 0.1) is 0 Å². The zero-order valence-corrected chi connectivity index (χ0v) is 12.4. The Morgan fingerprint density at radius 2 is 0.955 bits per heavy atom. The number of aromatic hydroxyl groups is 3. The maximum atomic E-state index is 8.82. The maximum Gasteiger partial charge on any atom is 0.394 e. The summed E-state index contributed by atoms with van der Waals surface area (Å²) < 4.78 is 31.6. The molecule has 2 aromatic carbocycles. The van der Waals surface area contributed by atoms with E-state index in [1.54, 1.807) is 12.1 Å². The topological polar surface area (TPSA) is 147 Å². The summed E-state index contributed by atoms with van der Waals surface area (Å²) in [5.74, 6) is 0.639. The van der Waals surface area contributed by atoms with Crippen LogP contribution in [0.2, 0.25) is 0 Å². The molecular formula is C13H17NO7S. The molecule has 2 rings (SSSR count). The largest absolute Gasteiger partial charge is 0.508 e. The quantitative estimate of drug-likeness (QED) is 0.343. The van der Waals surface area contributed by atoms with Gasteiger partial charge >= 0.3 is 10.4 Å². The Balaban J connectivity index is 0.000000315. The van der Waals surface area contributed by atoms with Crippen LogP contribution in [0.25, 0.3) is 0 Å². The van der Waals surface area contributed by atoms with Crippen molar-refractivity contribution in [2.75, 3.05) is 12.4 Å². The van der Waals surface area contributed by atoms with Gasteiger partial charge < -0.3 is 20.6 Å². The van der Waals surface area contributed by atoms with Crippen LogP contribution >= 0.6 is 0 Å². The van der Waals surface area contributed by atoms with Crippen LogP contribution in [-0.4, -0.2) is 39.9 Å². The zero-order valence-electron chi connectivity index (χ0n) is 11.6. The fourth-order valence-corrected chi connectivity index (χ4v) is 1.08. The Bertz CT molecular complexity index is 610. The van der Waals surface area contributed by atoms with Gasteiger partial charge in [0.25, 0.3) is 0 Å². The van der Waals surface area contributed by atoms with Crippen molar-refractivity contribution in [1.82, 2.24) is 0 Å². The standard InChI is InChI=1S/C7H9NO.C6H6O2.H2O4S/c1-8-6-2-4-7(9)5-3-6;7-5-1-2-6(8)4-3-5;1-5(2,3)4/h2-5,8-9H,1H3;1-4,7-8H;(H2,1,2,3,4). The van der Waals surface area contributed by atoms with Crippen LogP contribution in [0.5, 0.6) is 17.2 Å². The molecule has 0 radical (unpaired) electrons. The Labute approximate surface area is 127 Å². The smallest absolute Gasteiger partial charge is 0.394 e. The minimum Gasteiger partial charge on any atom is -0.508 e. The van der Waals surface area contributed by atoms with Gasteiger partial charge in [-0.05, 0) is 48.5 Å². The lowest BCUT2D eigenvalue weighted by Gasteiger charge is -1.96. The Morgan fingerprint density at radius 3 is 1.18 bits per heavy atom. The van der Waals surface area contributed by atoms with E-state index < -0.39 is 10.4 Å². The van der Waals surface area contributed by atoms with Crippen LogP contribution in [0.15, 0.2) is 48.5 Å². The molecule has 0 fully saturated rings. The highest BCUT2D eigenvalue weighted by atomic mass is 32.3.